The number of hydrogen-bond donors (Lipinski definition) is 1. The molecule has 0 aliphatic carbocycles. The van der Waals surface area contributed by atoms with Crippen LogP contribution < -0.4 is 9.47 Å². The third-order valence-corrected chi connectivity index (χ3v) is 19.0. The van der Waals surface area contributed by atoms with Gasteiger partial charge in [0, 0.05) is 0 Å². The van der Waals surface area contributed by atoms with Gasteiger partial charge in [0.15, 0.2) is 36.8 Å². The van der Waals surface area contributed by atoms with Crippen LogP contribution in [-0.4, -0.2) is 136 Å². The molecule has 9 aromatic carbocycles. The van der Waals surface area contributed by atoms with Gasteiger partial charge < -0.3 is 61.7 Å². The van der Waals surface area contributed by atoms with Crippen LogP contribution in [0.1, 0.15) is 124 Å². The minimum absolute atomic E-state index is 0.0133. The normalized spacial score (nSPS) is 20.2. The maximum absolute atomic E-state index is 15.2. The minimum atomic E-state index is -5.33. The summed E-state index contributed by atoms with van der Waals surface area (Å²) in [6.07, 6.45) is -13.1. The molecule has 2 aliphatic heterocycles. The predicted octanol–water partition coefficient (Wildman–Crippen LogP) is 14.9. The van der Waals surface area contributed by atoms with E-state index in [2.05, 4.69) is 6.58 Å². The summed E-state index contributed by atoms with van der Waals surface area (Å²) in [6.45, 7) is 1.96. The highest BCUT2D eigenvalue weighted by molar-refractivity contribution is 7.47. The van der Waals surface area contributed by atoms with E-state index in [1.54, 1.807) is 158 Å². The lowest BCUT2D eigenvalue weighted by atomic mass is 9.80. The topological polar surface area (TPSA) is 269 Å². The summed E-state index contributed by atoms with van der Waals surface area (Å²) in [6, 6.07) is 69.8. The molecule has 2 heterocycles. The van der Waals surface area contributed by atoms with E-state index in [4.69, 9.17) is 65.9 Å². The van der Waals surface area contributed by atoms with Crippen molar-refractivity contribution in [2.75, 3.05) is 34.0 Å². The number of phosphoric acid groups is 1. The van der Waals surface area contributed by atoms with E-state index < -0.39 is 124 Å². The van der Waals surface area contributed by atoms with Crippen molar-refractivity contribution < 1.29 is 104 Å². The van der Waals surface area contributed by atoms with Gasteiger partial charge in [-0.1, -0.05) is 196 Å². The number of benzene rings is 9. The van der Waals surface area contributed by atoms with Crippen molar-refractivity contribution in [1.29, 1.82) is 0 Å². The lowest BCUT2D eigenvalue weighted by molar-refractivity contribution is -0.352. The summed E-state index contributed by atoms with van der Waals surface area (Å²) in [5, 5.41) is 0. The van der Waals surface area contributed by atoms with Crippen LogP contribution in [0.5, 0.6) is 11.5 Å². The van der Waals surface area contributed by atoms with Gasteiger partial charge in [0.1, 0.15) is 42.0 Å². The molecule has 0 bridgehead atoms. The Labute approximate surface area is 625 Å². The number of methoxy groups -OCH3 is 2. The molecule has 11 atom stereocenters. The lowest BCUT2D eigenvalue weighted by Gasteiger charge is -2.49. The van der Waals surface area contributed by atoms with Crippen molar-refractivity contribution in [3.05, 3.63) is 324 Å². The maximum Gasteiger partial charge on any atom is 0.474 e. The molecule has 0 saturated carbocycles. The van der Waals surface area contributed by atoms with Crippen LogP contribution in [0.4, 0.5) is 0 Å². The molecule has 108 heavy (non-hydrogen) atoms. The Hall–Kier alpha value is -10.9. The highest BCUT2D eigenvalue weighted by atomic mass is 31.2. The summed E-state index contributed by atoms with van der Waals surface area (Å²) < 4.78 is 105. The summed E-state index contributed by atoms with van der Waals surface area (Å²) >= 11 is 0. The van der Waals surface area contributed by atoms with E-state index in [1.165, 1.54) is 87.0 Å². The zero-order valence-corrected chi connectivity index (χ0v) is 60.3. The van der Waals surface area contributed by atoms with Gasteiger partial charge in [-0.2, -0.15) is 0 Å². The Kier molecular flexibility index (Phi) is 27.9. The molecule has 2 saturated heterocycles. The molecule has 9 aromatic rings. The average molecular weight is 1490 g/mol. The molecule has 0 spiro atoms. The zero-order valence-electron chi connectivity index (χ0n) is 59.4. The van der Waals surface area contributed by atoms with Gasteiger partial charge in [0.25, 0.3) is 0 Å². The first-order valence-electron chi connectivity index (χ1n) is 35.4. The van der Waals surface area contributed by atoms with Gasteiger partial charge in [-0.25, -0.2) is 33.3 Å². The third kappa shape index (κ3) is 20.4. The van der Waals surface area contributed by atoms with Gasteiger partial charge >= 0.3 is 43.6 Å². The van der Waals surface area contributed by atoms with Gasteiger partial charge in [-0.05, 0) is 133 Å². The fourth-order valence-corrected chi connectivity index (χ4v) is 13.4. The van der Waals surface area contributed by atoms with E-state index in [0.29, 0.717) is 41.0 Å². The Morgan fingerprint density at radius 3 is 1.15 bits per heavy atom. The van der Waals surface area contributed by atoms with Gasteiger partial charge in [-0.3, -0.25) is 9.05 Å². The third-order valence-electron chi connectivity index (χ3n) is 18.1. The second-order valence-electron chi connectivity index (χ2n) is 25.3. The fourth-order valence-electron chi connectivity index (χ4n) is 12.6. The molecular weight excluding hydrogens is 1400 g/mol. The Morgan fingerprint density at radius 1 is 0.398 bits per heavy atom. The minimum Gasteiger partial charge on any atom is -0.497 e. The molecule has 0 radical (unpaired) electrons. The molecule has 23 heteroatoms. The number of ether oxygens (including phenoxy) is 12. The summed E-state index contributed by atoms with van der Waals surface area (Å²) in [7, 11) is -2.28. The lowest BCUT2D eigenvalue weighted by Crippen LogP contribution is -2.67. The molecule has 1 N–H and O–H groups in total. The molecule has 22 nitrogen and oxygen atoms in total. The SMILES string of the molecule is C=CCCCCCCCCOP(=O)(O)O[C@H]1O[C@H](COC(=O)c2ccccc2)[C@@H](O[C@@H]2O[C@H](COC(c3ccccc3)(c3ccc(OC)cc3)c3ccc(OC)cc3)[C@H](OC(=O)c3ccccc3)[C@H](OC(=O)c3ccccc3)[C@H]2OC(=O)c2ccccc2)[C@H](OC(=O)c2ccccc2)[C@@H]1OC(=O)c1ccccc1. The molecule has 2 fully saturated rings. The number of allylic oxidation sites excluding steroid dienone is 1. The van der Waals surface area contributed by atoms with Crippen LogP contribution in [0.2, 0.25) is 0 Å². The number of phosphoric ester groups is 1. The fraction of sp³-hybridized carbons (Fsp3) is 0.271. The number of esters is 6. The Bertz CT molecular complexity index is 4360. The van der Waals surface area contributed by atoms with E-state index in [9.17, 15) is 19.0 Å². The molecule has 2 aliphatic rings. The van der Waals surface area contributed by atoms with Crippen LogP contribution >= 0.6 is 7.82 Å². The summed E-state index contributed by atoms with van der Waals surface area (Å²) in [5.41, 5.74) is -0.106. The van der Waals surface area contributed by atoms with Crippen molar-refractivity contribution in [3.63, 3.8) is 0 Å². The second kappa shape index (κ2) is 38.6. The molecule has 560 valence electrons. The highest BCUT2D eigenvalue weighted by Crippen LogP contribution is 2.49. The largest absolute Gasteiger partial charge is 0.497 e. The number of unbranched alkanes of at least 4 members (excludes halogenated alkanes) is 6. The number of hydrogen-bond acceptors (Lipinski definition) is 21. The summed E-state index contributed by atoms with van der Waals surface area (Å²) in [5.74, 6) is -5.16. The predicted molar refractivity (Wildman–Crippen MR) is 395 cm³/mol. The van der Waals surface area contributed by atoms with Crippen LogP contribution in [0.3, 0.4) is 0 Å². The summed E-state index contributed by atoms with van der Waals surface area (Å²) in [4.78, 5) is 102. The first-order chi connectivity index (χ1) is 52.6. The smallest absolute Gasteiger partial charge is 0.474 e. The highest BCUT2D eigenvalue weighted by Gasteiger charge is 2.60. The standard InChI is InChI=1S/C85H83O22P/c1-4-5-6-7-8-9-10-32-55-98-108(92,93)107-84-76(105-82(91)63-43-28-16-29-44-63)74(103-80(89)61-39-24-14-25-40-61)72(69(100-84)56-96-77(86)58-33-18-11-19-34-58)106-83-75(104-81(90)62-41-26-15-27-42-62)73(102-79(88)60-37-22-13-23-38-60)71(101-78(87)59-35-20-12-21-36-59)70(99-83)57-97-85(64-45-30-17-31-46-64,65-47-51-67(94-2)52-48-65)66-49-53-68(95-3)54-50-66/h4,11-31,33-54,69-76,83-84H,1,5-10,32,55-57H2,2-3H3,(H,92,93)/t69-,70-,71+,72-,73+,74+,75-,76+,83+,84-/m1/s1. The van der Waals surface area contributed by atoms with Gasteiger partial charge in [0.2, 0.25) is 6.29 Å². The molecular formula is C85H83O22P. The van der Waals surface area contributed by atoms with E-state index in [1.807, 2.05) is 36.4 Å². The van der Waals surface area contributed by atoms with Crippen molar-refractivity contribution in [2.24, 2.45) is 0 Å². The molecule has 0 amide bonds. The number of carbonyl (C=O) groups excluding carboxylic acids is 6. The van der Waals surface area contributed by atoms with E-state index in [0.717, 1.165) is 32.1 Å². The van der Waals surface area contributed by atoms with E-state index >= 15 is 19.2 Å². The second-order valence-corrected chi connectivity index (χ2v) is 26.7. The van der Waals surface area contributed by atoms with E-state index in [-0.39, 0.29) is 40.0 Å². The quantitative estimate of drug-likeness (QED) is 0.00965. The Balaban J connectivity index is 1.10. The van der Waals surface area contributed by atoms with Crippen LogP contribution in [0.25, 0.3) is 0 Å². The Morgan fingerprint density at radius 2 is 0.731 bits per heavy atom. The van der Waals surface area contributed by atoms with Crippen LogP contribution in [0, 0.1) is 0 Å². The molecule has 0 aromatic heterocycles. The number of rotatable bonds is 35. The van der Waals surface area contributed by atoms with Crippen molar-refractivity contribution in [2.45, 2.75) is 112 Å². The van der Waals surface area contributed by atoms with Crippen LogP contribution in [-0.2, 0) is 66.6 Å². The zero-order chi connectivity index (χ0) is 75.7. The van der Waals surface area contributed by atoms with Gasteiger partial charge in [-0.15, -0.1) is 6.58 Å². The first-order valence-corrected chi connectivity index (χ1v) is 36.9. The average Bonchev–Trinajstić information content (AvgIpc) is 0.756. The van der Waals surface area contributed by atoms with Gasteiger partial charge in [0.05, 0.1) is 60.8 Å². The maximum atomic E-state index is 15.2. The molecule has 1 unspecified atom stereocenters. The van der Waals surface area contributed by atoms with Crippen molar-refractivity contribution in [1.82, 2.24) is 0 Å². The van der Waals surface area contributed by atoms with Crippen molar-refractivity contribution >= 4 is 43.6 Å². The first kappa shape index (κ1) is 78.2. The molecule has 11 rings (SSSR count). The number of carbonyl (C=O) groups is 6. The van der Waals surface area contributed by atoms with Crippen molar-refractivity contribution in [3.8, 4) is 11.5 Å². The van der Waals surface area contributed by atoms with Crippen LogP contribution in [0.15, 0.2) is 274 Å². The monoisotopic (exact) mass is 1490 g/mol.